The van der Waals surface area contributed by atoms with Gasteiger partial charge in [-0.15, -0.1) is 0 Å². The van der Waals surface area contributed by atoms with Crippen molar-refractivity contribution in [3.8, 4) is 0 Å². The molecule has 3 aromatic heterocycles. The van der Waals surface area contributed by atoms with Gasteiger partial charge in [0.05, 0.1) is 5.69 Å². The zero-order chi connectivity index (χ0) is 15.7. The Morgan fingerprint density at radius 3 is 2.91 bits per heavy atom. The number of amides is 1. The van der Waals surface area contributed by atoms with Crippen molar-refractivity contribution in [1.29, 1.82) is 0 Å². The third kappa shape index (κ3) is 2.60. The summed E-state index contributed by atoms with van der Waals surface area (Å²) in [5.74, 6) is 0.362. The average Bonchev–Trinajstić information content (AvgIpc) is 3.05. The molecule has 9 heteroatoms. The molecule has 3 heterocycles. The first kappa shape index (κ1) is 14.0. The van der Waals surface area contributed by atoms with E-state index in [1.807, 2.05) is 6.92 Å². The van der Waals surface area contributed by atoms with Gasteiger partial charge in [-0.1, -0.05) is 18.5 Å². The summed E-state index contributed by atoms with van der Waals surface area (Å²) >= 11 is 0. The second-order valence-corrected chi connectivity index (χ2v) is 4.82. The monoisotopic (exact) mass is 302 g/mol. The normalized spacial score (nSPS) is 11.0. The van der Waals surface area contributed by atoms with Crippen LogP contribution >= 0.6 is 0 Å². The largest absolute Gasteiger partial charge is 0.361 e. The first-order valence-electron chi connectivity index (χ1n) is 6.80. The Bertz CT molecular complexity index is 891. The van der Waals surface area contributed by atoms with E-state index >= 15 is 0 Å². The molecule has 0 spiro atoms. The van der Waals surface area contributed by atoms with Crippen molar-refractivity contribution >= 4 is 17.6 Å². The molecule has 0 atom stereocenters. The Morgan fingerprint density at radius 1 is 1.41 bits per heavy atom. The van der Waals surface area contributed by atoms with Crippen molar-refractivity contribution in [2.24, 2.45) is 0 Å². The van der Waals surface area contributed by atoms with Crippen LogP contribution in [0.4, 0.5) is 5.95 Å². The second kappa shape index (κ2) is 5.43. The Balaban J connectivity index is 1.90. The number of nitrogens with zero attached hydrogens (tertiary/aromatic N) is 4. The molecule has 22 heavy (non-hydrogen) atoms. The lowest BCUT2D eigenvalue weighted by Crippen LogP contribution is -2.16. The topological polar surface area (TPSA) is 118 Å². The number of rotatable bonds is 4. The molecule has 0 aromatic carbocycles. The van der Waals surface area contributed by atoms with E-state index in [0.717, 1.165) is 6.42 Å². The van der Waals surface area contributed by atoms with Crippen molar-refractivity contribution in [2.45, 2.75) is 26.7 Å². The van der Waals surface area contributed by atoms with E-state index in [-0.39, 0.29) is 23.0 Å². The first-order valence-corrected chi connectivity index (χ1v) is 6.80. The van der Waals surface area contributed by atoms with Gasteiger partial charge in [0.15, 0.2) is 5.69 Å². The zero-order valence-corrected chi connectivity index (χ0v) is 12.1. The van der Waals surface area contributed by atoms with E-state index in [1.54, 1.807) is 6.92 Å². The molecule has 0 radical (unpaired) electrons. The van der Waals surface area contributed by atoms with Gasteiger partial charge < -0.3 is 4.52 Å². The van der Waals surface area contributed by atoms with Crippen LogP contribution in [-0.2, 0) is 6.42 Å². The van der Waals surface area contributed by atoms with Gasteiger partial charge in [0.25, 0.3) is 17.2 Å². The van der Waals surface area contributed by atoms with Gasteiger partial charge in [-0.2, -0.15) is 9.50 Å². The molecular formula is C13H14N6O3. The van der Waals surface area contributed by atoms with Crippen LogP contribution in [0.2, 0.25) is 0 Å². The van der Waals surface area contributed by atoms with Gasteiger partial charge in [-0.25, -0.2) is 4.98 Å². The zero-order valence-electron chi connectivity index (χ0n) is 12.1. The molecule has 3 aromatic rings. The highest BCUT2D eigenvalue weighted by Crippen LogP contribution is 2.07. The maximum absolute atomic E-state index is 12.0. The summed E-state index contributed by atoms with van der Waals surface area (Å²) in [4.78, 5) is 32.3. The van der Waals surface area contributed by atoms with Crippen molar-refractivity contribution in [3.05, 3.63) is 39.6 Å². The highest BCUT2D eigenvalue weighted by molar-refractivity contribution is 6.01. The molecule has 0 unspecified atom stereocenters. The lowest BCUT2D eigenvalue weighted by atomic mass is 10.2. The van der Waals surface area contributed by atoms with Crippen LogP contribution in [0.25, 0.3) is 5.78 Å². The van der Waals surface area contributed by atoms with Crippen molar-refractivity contribution in [2.75, 3.05) is 5.32 Å². The number of nitrogens with one attached hydrogen (secondary N) is 2. The van der Waals surface area contributed by atoms with Crippen molar-refractivity contribution in [3.63, 3.8) is 0 Å². The molecule has 0 saturated carbocycles. The van der Waals surface area contributed by atoms with Gasteiger partial charge in [-0.3, -0.25) is 20.0 Å². The summed E-state index contributed by atoms with van der Waals surface area (Å²) in [6.45, 7) is 3.68. The number of hydrogen-bond donors (Lipinski definition) is 2. The number of aryl methyl sites for hydroxylation is 2. The van der Waals surface area contributed by atoms with Gasteiger partial charge >= 0.3 is 0 Å². The van der Waals surface area contributed by atoms with Crippen LogP contribution in [0.5, 0.6) is 0 Å². The lowest BCUT2D eigenvalue weighted by Gasteiger charge is -1.96. The number of aromatic amines is 1. The second-order valence-electron chi connectivity index (χ2n) is 4.82. The summed E-state index contributed by atoms with van der Waals surface area (Å²) in [6, 6.07) is 2.95. The molecule has 0 fully saturated rings. The quantitative estimate of drug-likeness (QED) is 0.739. The molecular weight excluding hydrogens is 288 g/mol. The SMILES string of the molecule is CCCc1cc(=O)n2[nH]c(NC(=O)c3cc(C)on3)nc2n1. The van der Waals surface area contributed by atoms with Crippen molar-refractivity contribution in [1.82, 2.24) is 24.7 Å². The molecule has 0 saturated heterocycles. The predicted molar refractivity (Wildman–Crippen MR) is 76.8 cm³/mol. The fourth-order valence-electron chi connectivity index (χ4n) is 2.01. The third-order valence-corrected chi connectivity index (χ3v) is 2.98. The molecule has 2 N–H and O–H groups in total. The minimum Gasteiger partial charge on any atom is -0.361 e. The number of fused-ring (bicyclic) bond motifs is 1. The minimum absolute atomic E-state index is 0.115. The van der Waals surface area contributed by atoms with Crippen LogP contribution < -0.4 is 10.9 Å². The summed E-state index contributed by atoms with van der Waals surface area (Å²) in [5, 5.41) is 8.80. The van der Waals surface area contributed by atoms with Gasteiger partial charge in [0.1, 0.15) is 5.76 Å². The van der Waals surface area contributed by atoms with E-state index in [9.17, 15) is 9.59 Å². The highest BCUT2D eigenvalue weighted by Gasteiger charge is 2.14. The molecule has 0 aliphatic rings. The van der Waals surface area contributed by atoms with E-state index in [0.29, 0.717) is 17.9 Å². The summed E-state index contributed by atoms with van der Waals surface area (Å²) in [7, 11) is 0. The fraction of sp³-hybridized carbons (Fsp3) is 0.308. The number of aromatic nitrogens is 5. The van der Waals surface area contributed by atoms with E-state index in [4.69, 9.17) is 4.52 Å². The highest BCUT2D eigenvalue weighted by atomic mass is 16.5. The third-order valence-electron chi connectivity index (χ3n) is 2.98. The van der Waals surface area contributed by atoms with Gasteiger partial charge in [0.2, 0.25) is 5.95 Å². The molecule has 9 nitrogen and oxygen atoms in total. The maximum atomic E-state index is 12.0. The standard InChI is InChI=1S/C13H14N6O3/c1-3-4-8-6-10(20)19-13(14-8)16-12(17-19)15-11(21)9-5-7(2)22-18-9/h5-6H,3-4H2,1-2H3,(H2,14,15,16,17,21). The summed E-state index contributed by atoms with van der Waals surface area (Å²) in [6.07, 6.45) is 1.57. The minimum atomic E-state index is -0.488. The Morgan fingerprint density at radius 2 is 2.23 bits per heavy atom. The smallest absolute Gasteiger partial charge is 0.280 e. The van der Waals surface area contributed by atoms with Crippen LogP contribution in [0.3, 0.4) is 0 Å². The Hall–Kier alpha value is -2.97. The Labute approximate surface area is 124 Å². The number of carbonyl (C=O) groups excluding carboxylic acids is 1. The molecule has 114 valence electrons. The maximum Gasteiger partial charge on any atom is 0.280 e. The van der Waals surface area contributed by atoms with Gasteiger partial charge in [-0.05, 0) is 13.3 Å². The van der Waals surface area contributed by atoms with E-state index < -0.39 is 5.91 Å². The Kier molecular flexibility index (Phi) is 3.45. The van der Waals surface area contributed by atoms with Crippen molar-refractivity contribution < 1.29 is 9.32 Å². The van der Waals surface area contributed by atoms with E-state index in [1.165, 1.54) is 16.6 Å². The first-order chi connectivity index (χ1) is 10.6. The summed E-state index contributed by atoms with van der Waals surface area (Å²) in [5.41, 5.74) is 0.521. The summed E-state index contributed by atoms with van der Waals surface area (Å²) < 4.78 is 6.00. The lowest BCUT2D eigenvalue weighted by molar-refractivity contribution is 0.101. The van der Waals surface area contributed by atoms with Crippen LogP contribution in [0.1, 0.15) is 35.3 Å². The molecule has 0 aliphatic carbocycles. The number of carbonyl (C=O) groups is 1. The number of anilines is 1. The fourth-order valence-corrected chi connectivity index (χ4v) is 2.01. The number of hydrogen-bond acceptors (Lipinski definition) is 6. The molecule has 0 bridgehead atoms. The van der Waals surface area contributed by atoms with Crippen LogP contribution in [0.15, 0.2) is 21.5 Å². The van der Waals surface area contributed by atoms with Crippen LogP contribution in [0, 0.1) is 6.92 Å². The predicted octanol–water partition coefficient (Wildman–Crippen LogP) is 0.919. The van der Waals surface area contributed by atoms with Gasteiger partial charge in [0, 0.05) is 12.1 Å². The number of H-pyrrole nitrogens is 1. The van der Waals surface area contributed by atoms with Crippen LogP contribution in [-0.4, -0.2) is 30.6 Å². The average molecular weight is 302 g/mol. The molecule has 3 rings (SSSR count). The van der Waals surface area contributed by atoms with E-state index in [2.05, 4.69) is 25.5 Å². The molecule has 1 amide bonds. The molecule has 0 aliphatic heterocycles.